The average molecular weight is 297 g/mol. The maximum Gasteiger partial charge on any atom is 0.254 e. The molecular formula is C13H17BrN2O. The fraction of sp³-hybridized carbons (Fsp3) is 0.462. The molecule has 1 N–H and O–H groups in total. The first-order valence-electron chi connectivity index (χ1n) is 5.88. The van der Waals surface area contributed by atoms with Gasteiger partial charge < -0.3 is 10.2 Å². The van der Waals surface area contributed by atoms with Crippen molar-refractivity contribution in [3.63, 3.8) is 0 Å². The Morgan fingerprint density at radius 2 is 2.29 bits per heavy atom. The summed E-state index contributed by atoms with van der Waals surface area (Å²) in [5.41, 5.74) is 1.82. The summed E-state index contributed by atoms with van der Waals surface area (Å²) in [4.78, 5) is 14.4. The molecule has 0 radical (unpaired) electrons. The number of carbonyl (C=O) groups excluding carboxylic acids is 1. The Bertz CT molecular complexity index is 433. The number of nitrogens with one attached hydrogen (secondary N) is 1. The number of benzene rings is 1. The lowest BCUT2D eigenvalue weighted by atomic mass is 10.1. The summed E-state index contributed by atoms with van der Waals surface area (Å²) in [6.07, 6.45) is 0. The summed E-state index contributed by atoms with van der Waals surface area (Å²) >= 11 is 3.47. The van der Waals surface area contributed by atoms with Crippen molar-refractivity contribution in [1.29, 1.82) is 0 Å². The van der Waals surface area contributed by atoms with Crippen molar-refractivity contribution in [3.8, 4) is 0 Å². The van der Waals surface area contributed by atoms with Crippen molar-refractivity contribution in [3.05, 3.63) is 33.8 Å². The summed E-state index contributed by atoms with van der Waals surface area (Å²) in [6, 6.07) is 6.04. The van der Waals surface area contributed by atoms with Crippen LogP contribution in [0.25, 0.3) is 0 Å². The van der Waals surface area contributed by atoms with Gasteiger partial charge in [-0.15, -0.1) is 0 Å². The molecule has 0 bridgehead atoms. The van der Waals surface area contributed by atoms with Gasteiger partial charge in [0.05, 0.1) is 0 Å². The number of amides is 1. The first-order valence-corrected chi connectivity index (χ1v) is 6.67. The first kappa shape index (κ1) is 12.6. The predicted molar refractivity (Wildman–Crippen MR) is 72.2 cm³/mol. The van der Waals surface area contributed by atoms with Crippen LogP contribution in [0.1, 0.15) is 22.8 Å². The van der Waals surface area contributed by atoms with E-state index >= 15 is 0 Å². The van der Waals surface area contributed by atoms with Gasteiger partial charge in [0.25, 0.3) is 5.91 Å². The zero-order valence-electron chi connectivity index (χ0n) is 10.2. The van der Waals surface area contributed by atoms with E-state index in [2.05, 4.69) is 28.2 Å². The molecule has 2 rings (SSSR count). The van der Waals surface area contributed by atoms with Crippen LogP contribution in [0.3, 0.4) is 0 Å². The standard InChI is InChI=1S/C13H17BrN2O/c1-9-8-15-6-7-16(9)13(17)11-4-3-5-12(14)10(11)2/h3-5,9,15H,6-8H2,1-2H3/t9-/m1/s1. The monoisotopic (exact) mass is 296 g/mol. The van der Waals surface area contributed by atoms with Crippen LogP contribution in [-0.4, -0.2) is 36.5 Å². The molecule has 1 aliphatic rings. The molecule has 1 saturated heterocycles. The molecule has 0 aliphatic carbocycles. The Morgan fingerprint density at radius 1 is 1.53 bits per heavy atom. The number of carbonyl (C=O) groups is 1. The van der Waals surface area contributed by atoms with E-state index in [0.717, 1.165) is 35.2 Å². The fourth-order valence-corrected chi connectivity index (χ4v) is 2.50. The highest BCUT2D eigenvalue weighted by Crippen LogP contribution is 2.21. The third-order valence-electron chi connectivity index (χ3n) is 3.26. The van der Waals surface area contributed by atoms with E-state index in [1.807, 2.05) is 30.0 Å². The third kappa shape index (κ3) is 2.53. The normalized spacial score (nSPS) is 20.4. The lowest BCUT2D eigenvalue weighted by Gasteiger charge is -2.34. The maximum absolute atomic E-state index is 12.5. The SMILES string of the molecule is Cc1c(Br)cccc1C(=O)N1CCNC[C@H]1C. The lowest BCUT2D eigenvalue weighted by molar-refractivity contribution is 0.0655. The van der Waals surface area contributed by atoms with E-state index in [9.17, 15) is 4.79 Å². The summed E-state index contributed by atoms with van der Waals surface area (Å²) < 4.78 is 0.992. The Hall–Kier alpha value is -0.870. The number of nitrogens with zero attached hydrogens (tertiary/aromatic N) is 1. The highest BCUT2D eigenvalue weighted by Gasteiger charge is 2.25. The first-order chi connectivity index (χ1) is 8.11. The van der Waals surface area contributed by atoms with Gasteiger partial charge in [-0.05, 0) is 31.5 Å². The Labute approximate surface area is 110 Å². The number of piperazine rings is 1. The molecule has 4 heteroatoms. The minimum absolute atomic E-state index is 0.137. The van der Waals surface area contributed by atoms with Crippen LogP contribution in [0, 0.1) is 6.92 Å². The molecule has 0 saturated carbocycles. The van der Waals surface area contributed by atoms with Crippen LogP contribution in [0.4, 0.5) is 0 Å². The molecular weight excluding hydrogens is 280 g/mol. The second kappa shape index (κ2) is 5.19. The summed E-state index contributed by atoms with van der Waals surface area (Å²) in [5, 5.41) is 3.29. The van der Waals surface area contributed by atoms with Gasteiger partial charge in [-0.1, -0.05) is 22.0 Å². The van der Waals surface area contributed by atoms with Crippen molar-refractivity contribution in [2.75, 3.05) is 19.6 Å². The highest BCUT2D eigenvalue weighted by molar-refractivity contribution is 9.10. The molecule has 1 aliphatic heterocycles. The van der Waals surface area contributed by atoms with Crippen molar-refractivity contribution in [1.82, 2.24) is 10.2 Å². The molecule has 0 spiro atoms. The summed E-state index contributed by atoms with van der Waals surface area (Å²) in [7, 11) is 0. The third-order valence-corrected chi connectivity index (χ3v) is 4.12. The van der Waals surface area contributed by atoms with E-state index in [0.29, 0.717) is 0 Å². The molecule has 1 aromatic carbocycles. The van der Waals surface area contributed by atoms with Crippen LogP contribution < -0.4 is 5.32 Å². The largest absolute Gasteiger partial charge is 0.333 e. The predicted octanol–water partition coefficient (Wildman–Crippen LogP) is 2.19. The average Bonchev–Trinajstić information content (AvgIpc) is 2.32. The van der Waals surface area contributed by atoms with Gasteiger partial charge in [0, 0.05) is 35.7 Å². The molecule has 0 aromatic heterocycles. The molecule has 17 heavy (non-hydrogen) atoms. The summed E-state index contributed by atoms with van der Waals surface area (Å²) in [5.74, 6) is 0.137. The van der Waals surface area contributed by atoms with Crippen molar-refractivity contribution < 1.29 is 4.79 Å². The van der Waals surface area contributed by atoms with E-state index in [1.165, 1.54) is 0 Å². The molecule has 1 fully saturated rings. The lowest BCUT2D eigenvalue weighted by Crippen LogP contribution is -2.52. The topological polar surface area (TPSA) is 32.3 Å². The van der Waals surface area contributed by atoms with Gasteiger partial charge >= 0.3 is 0 Å². The number of halogens is 1. The zero-order valence-corrected chi connectivity index (χ0v) is 11.8. The van der Waals surface area contributed by atoms with E-state index in [-0.39, 0.29) is 11.9 Å². The minimum atomic E-state index is 0.137. The number of rotatable bonds is 1. The molecule has 3 nitrogen and oxygen atoms in total. The van der Waals surface area contributed by atoms with Gasteiger partial charge in [-0.3, -0.25) is 4.79 Å². The van der Waals surface area contributed by atoms with E-state index in [4.69, 9.17) is 0 Å². The van der Waals surface area contributed by atoms with Crippen LogP contribution in [-0.2, 0) is 0 Å². The van der Waals surface area contributed by atoms with Crippen LogP contribution in [0.5, 0.6) is 0 Å². The fourth-order valence-electron chi connectivity index (χ4n) is 2.14. The van der Waals surface area contributed by atoms with Gasteiger partial charge in [0.15, 0.2) is 0 Å². The van der Waals surface area contributed by atoms with Crippen LogP contribution in [0.2, 0.25) is 0 Å². The van der Waals surface area contributed by atoms with Gasteiger partial charge in [0.1, 0.15) is 0 Å². The maximum atomic E-state index is 12.5. The Morgan fingerprint density at radius 3 is 3.00 bits per heavy atom. The van der Waals surface area contributed by atoms with Crippen molar-refractivity contribution >= 4 is 21.8 Å². The zero-order chi connectivity index (χ0) is 12.4. The van der Waals surface area contributed by atoms with E-state index < -0.39 is 0 Å². The van der Waals surface area contributed by atoms with Crippen molar-refractivity contribution in [2.45, 2.75) is 19.9 Å². The molecule has 1 amide bonds. The smallest absolute Gasteiger partial charge is 0.254 e. The second-order valence-corrected chi connectivity index (χ2v) is 5.32. The Balaban J connectivity index is 2.27. The van der Waals surface area contributed by atoms with Gasteiger partial charge in [-0.2, -0.15) is 0 Å². The van der Waals surface area contributed by atoms with E-state index in [1.54, 1.807) is 0 Å². The second-order valence-electron chi connectivity index (χ2n) is 4.46. The van der Waals surface area contributed by atoms with Crippen LogP contribution in [0.15, 0.2) is 22.7 Å². The molecule has 1 atom stereocenters. The summed E-state index contributed by atoms with van der Waals surface area (Å²) in [6.45, 7) is 6.59. The molecule has 0 unspecified atom stereocenters. The van der Waals surface area contributed by atoms with Crippen molar-refractivity contribution in [2.24, 2.45) is 0 Å². The quantitative estimate of drug-likeness (QED) is 0.862. The molecule has 1 aromatic rings. The molecule has 92 valence electrons. The van der Waals surface area contributed by atoms with Gasteiger partial charge in [0.2, 0.25) is 0 Å². The highest BCUT2D eigenvalue weighted by atomic mass is 79.9. The van der Waals surface area contributed by atoms with Gasteiger partial charge in [-0.25, -0.2) is 0 Å². The number of hydrogen-bond acceptors (Lipinski definition) is 2. The minimum Gasteiger partial charge on any atom is -0.333 e. The number of hydrogen-bond donors (Lipinski definition) is 1. The van der Waals surface area contributed by atoms with Crippen LogP contribution >= 0.6 is 15.9 Å². The molecule has 1 heterocycles. The Kier molecular flexibility index (Phi) is 3.84.